The van der Waals surface area contributed by atoms with Gasteiger partial charge >= 0.3 is 39.5 Å². The smallest absolute Gasteiger partial charge is 0.462 e. The molecule has 0 bridgehead atoms. The Kier molecular flexibility index (Phi) is 63.1. The quantitative estimate of drug-likeness (QED) is 0.0222. The first-order valence-electron chi connectivity index (χ1n) is 38.8. The number of phosphoric ester groups is 2. The first kappa shape index (κ1) is 92.1. The summed E-state index contributed by atoms with van der Waals surface area (Å²) in [5.74, 6) is 0.960. The average Bonchev–Trinajstić information content (AvgIpc) is 1.35. The summed E-state index contributed by atoms with van der Waals surface area (Å²) in [7, 11) is -9.91. The van der Waals surface area contributed by atoms with Crippen molar-refractivity contribution in [3.63, 3.8) is 0 Å². The fourth-order valence-corrected chi connectivity index (χ4v) is 12.9. The molecule has 0 fully saturated rings. The molecular weight excluding hydrogens is 1230 g/mol. The Bertz CT molecular complexity index is 1850. The Labute approximate surface area is 575 Å². The summed E-state index contributed by atoms with van der Waals surface area (Å²) in [5.41, 5.74) is 0. The van der Waals surface area contributed by atoms with Gasteiger partial charge in [-0.3, -0.25) is 37.3 Å². The Balaban J connectivity index is 5.23. The van der Waals surface area contributed by atoms with Crippen LogP contribution in [0, 0.1) is 23.7 Å². The van der Waals surface area contributed by atoms with Crippen LogP contribution in [-0.2, 0) is 65.4 Å². The molecule has 0 aromatic rings. The van der Waals surface area contributed by atoms with Crippen molar-refractivity contribution >= 4 is 39.5 Å². The van der Waals surface area contributed by atoms with Crippen LogP contribution in [0.2, 0.25) is 0 Å². The first-order valence-corrected chi connectivity index (χ1v) is 41.8. The molecule has 0 rings (SSSR count). The molecule has 0 aliphatic carbocycles. The highest BCUT2D eigenvalue weighted by Crippen LogP contribution is 2.45. The van der Waals surface area contributed by atoms with Gasteiger partial charge in [0.2, 0.25) is 0 Å². The number of phosphoric acid groups is 2. The van der Waals surface area contributed by atoms with Crippen molar-refractivity contribution < 1.29 is 80.2 Å². The number of carbonyl (C=O) groups excluding carboxylic acids is 4. The number of carbonyl (C=O) groups is 4. The molecule has 19 heteroatoms. The van der Waals surface area contributed by atoms with E-state index in [0.29, 0.717) is 31.6 Å². The minimum absolute atomic E-state index is 0.104. The third kappa shape index (κ3) is 66.0. The van der Waals surface area contributed by atoms with Crippen molar-refractivity contribution in [2.24, 2.45) is 23.7 Å². The van der Waals surface area contributed by atoms with Crippen LogP contribution in [0.1, 0.15) is 376 Å². The first-order chi connectivity index (χ1) is 45.2. The van der Waals surface area contributed by atoms with Gasteiger partial charge in [0.05, 0.1) is 26.4 Å². The van der Waals surface area contributed by atoms with Gasteiger partial charge in [-0.1, -0.05) is 325 Å². The molecule has 4 unspecified atom stereocenters. The standard InChI is InChI=1S/C75H146O17P2/c1-9-67(7)53-45-37-28-22-15-13-11-12-14-16-24-30-39-47-55-72(77)85-61-70(91-75(80)58-50-42-32-26-20-18-23-29-38-46-54-68(8)10-2)63-89-93(81,82)87-59-69(76)60-88-94(83,84)90-64-71(62-86-73(78)56-48-40-34-33-36-44-52-66(5)6)92-74(79)57-49-41-31-25-19-17-21-27-35-43-51-65(3)4/h65-71,76H,9-64H2,1-8H3,(H,81,82)(H,83,84)/t67?,68?,69-,70-,71-/m1/s1. The fraction of sp³-hybridized carbons (Fsp3) is 0.947. The Hall–Kier alpha value is -1.94. The van der Waals surface area contributed by atoms with Crippen LogP contribution in [0.3, 0.4) is 0 Å². The number of unbranched alkanes of at least 4 members (excludes halogenated alkanes) is 36. The second-order valence-electron chi connectivity index (χ2n) is 28.5. The number of hydrogen-bond donors (Lipinski definition) is 3. The van der Waals surface area contributed by atoms with Crippen LogP contribution in [0.25, 0.3) is 0 Å². The summed E-state index contributed by atoms with van der Waals surface area (Å²) in [6.45, 7) is 14.2. The molecule has 558 valence electrons. The molecule has 3 N–H and O–H groups in total. The molecular formula is C75H146O17P2. The van der Waals surface area contributed by atoms with Crippen LogP contribution >= 0.6 is 15.6 Å². The lowest BCUT2D eigenvalue weighted by Gasteiger charge is -2.21. The zero-order valence-corrected chi connectivity index (χ0v) is 63.4. The van der Waals surface area contributed by atoms with Crippen molar-refractivity contribution in [2.75, 3.05) is 39.6 Å². The molecule has 0 heterocycles. The van der Waals surface area contributed by atoms with Gasteiger partial charge in [0, 0.05) is 25.7 Å². The van der Waals surface area contributed by atoms with Gasteiger partial charge in [-0.2, -0.15) is 0 Å². The summed E-state index contributed by atoms with van der Waals surface area (Å²) >= 11 is 0. The lowest BCUT2D eigenvalue weighted by molar-refractivity contribution is -0.161. The molecule has 0 aliphatic rings. The average molecular weight is 1380 g/mol. The van der Waals surface area contributed by atoms with Crippen LogP contribution < -0.4 is 0 Å². The maximum atomic E-state index is 13.1. The van der Waals surface area contributed by atoms with Crippen molar-refractivity contribution in [3.05, 3.63) is 0 Å². The molecule has 0 aliphatic heterocycles. The van der Waals surface area contributed by atoms with Gasteiger partial charge in [0.1, 0.15) is 19.3 Å². The highest BCUT2D eigenvalue weighted by atomic mass is 31.2. The molecule has 17 nitrogen and oxygen atoms in total. The van der Waals surface area contributed by atoms with E-state index >= 15 is 0 Å². The maximum Gasteiger partial charge on any atom is 0.472 e. The van der Waals surface area contributed by atoms with E-state index in [9.17, 15) is 43.2 Å². The van der Waals surface area contributed by atoms with E-state index in [0.717, 1.165) is 114 Å². The van der Waals surface area contributed by atoms with Crippen LogP contribution in [0.4, 0.5) is 0 Å². The molecule has 7 atom stereocenters. The van der Waals surface area contributed by atoms with Crippen LogP contribution in [-0.4, -0.2) is 96.7 Å². The topological polar surface area (TPSA) is 237 Å². The lowest BCUT2D eigenvalue weighted by Crippen LogP contribution is -2.30. The maximum absolute atomic E-state index is 13.1. The van der Waals surface area contributed by atoms with Crippen molar-refractivity contribution in [1.29, 1.82) is 0 Å². The number of hydrogen-bond acceptors (Lipinski definition) is 15. The summed E-state index contributed by atoms with van der Waals surface area (Å²) in [6.07, 6.45) is 48.6. The van der Waals surface area contributed by atoms with Crippen LogP contribution in [0.5, 0.6) is 0 Å². The zero-order valence-electron chi connectivity index (χ0n) is 61.6. The van der Waals surface area contributed by atoms with Gasteiger partial charge in [-0.25, -0.2) is 9.13 Å². The molecule has 0 aromatic carbocycles. The number of aliphatic hydroxyl groups excluding tert-OH is 1. The Morgan fingerprint density at radius 2 is 0.511 bits per heavy atom. The lowest BCUT2D eigenvalue weighted by atomic mass is 9.99. The number of rotatable bonds is 72. The number of ether oxygens (including phenoxy) is 4. The van der Waals surface area contributed by atoms with Gasteiger partial charge in [-0.15, -0.1) is 0 Å². The summed E-state index contributed by atoms with van der Waals surface area (Å²) in [5, 5.41) is 10.6. The molecule has 0 spiro atoms. The van der Waals surface area contributed by atoms with E-state index < -0.39 is 97.5 Å². The highest BCUT2D eigenvalue weighted by Gasteiger charge is 2.30. The number of esters is 4. The highest BCUT2D eigenvalue weighted by molar-refractivity contribution is 7.47. The SMILES string of the molecule is CCC(C)CCCCCCCCCCCCCCCCC(=O)OC[C@H](COP(=O)(O)OC[C@@H](O)COP(=O)(O)OC[C@@H](COC(=O)CCCCCCCCC(C)C)OC(=O)CCCCCCCCCCCCC(C)C)OC(=O)CCCCCCCCCCCCC(C)CC. The van der Waals surface area contributed by atoms with E-state index in [1.165, 1.54) is 173 Å². The van der Waals surface area contributed by atoms with E-state index in [-0.39, 0.29) is 25.7 Å². The Morgan fingerprint density at radius 3 is 0.755 bits per heavy atom. The van der Waals surface area contributed by atoms with Gasteiger partial charge in [-0.05, 0) is 49.4 Å². The molecule has 94 heavy (non-hydrogen) atoms. The van der Waals surface area contributed by atoms with Crippen molar-refractivity contribution in [1.82, 2.24) is 0 Å². The third-order valence-corrected chi connectivity index (χ3v) is 19.9. The number of aliphatic hydroxyl groups is 1. The monoisotopic (exact) mass is 1380 g/mol. The molecule has 0 radical (unpaired) electrons. The predicted molar refractivity (Wildman–Crippen MR) is 381 cm³/mol. The normalized spacial score (nSPS) is 14.7. The summed E-state index contributed by atoms with van der Waals surface area (Å²) in [6, 6.07) is 0. The zero-order chi connectivity index (χ0) is 69.6. The molecule has 0 aromatic heterocycles. The minimum Gasteiger partial charge on any atom is -0.462 e. The Morgan fingerprint density at radius 1 is 0.298 bits per heavy atom. The van der Waals surface area contributed by atoms with Crippen molar-refractivity contribution in [2.45, 2.75) is 395 Å². The second-order valence-corrected chi connectivity index (χ2v) is 31.4. The summed E-state index contributed by atoms with van der Waals surface area (Å²) < 4.78 is 68.5. The van der Waals surface area contributed by atoms with Crippen LogP contribution in [0.15, 0.2) is 0 Å². The van der Waals surface area contributed by atoms with Gasteiger partial charge < -0.3 is 33.8 Å². The van der Waals surface area contributed by atoms with Gasteiger partial charge in [0.25, 0.3) is 0 Å². The second kappa shape index (κ2) is 64.4. The van der Waals surface area contributed by atoms with E-state index in [1.54, 1.807) is 0 Å². The summed E-state index contributed by atoms with van der Waals surface area (Å²) in [4.78, 5) is 72.7. The van der Waals surface area contributed by atoms with E-state index in [4.69, 9.17) is 37.0 Å². The molecule has 0 amide bonds. The van der Waals surface area contributed by atoms with E-state index in [2.05, 4.69) is 55.4 Å². The fourth-order valence-electron chi connectivity index (χ4n) is 11.3. The third-order valence-electron chi connectivity index (χ3n) is 18.0. The predicted octanol–water partition coefficient (Wildman–Crippen LogP) is 21.7. The molecule has 0 saturated carbocycles. The molecule has 0 saturated heterocycles. The van der Waals surface area contributed by atoms with Gasteiger partial charge in [0.15, 0.2) is 12.2 Å². The minimum atomic E-state index is -4.96. The van der Waals surface area contributed by atoms with E-state index in [1.807, 2.05) is 0 Å². The van der Waals surface area contributed by atoms with Crippen molar-refractivity contribution in [3.8, 4) is 0 Å². The largest absolute Gasteiger partial charge is 0.472 e.